The van der Waals surface area contributed by atoms with Crippen molar-refractivity contribution in [3.63, 3.8) is 0 Å². The van der Waals surface area contributed by atoms with Gasteiger partial charge in [0, 0.05) is 72.3 Å². The smallest absolute Gasteiger partial charge is 0.326 e. The van der Waals surface area contributed by atoms with Gasteiger partial charge in [-0.2, -0.15) is 0 Å². The molecule has 28 nitrogen and oxygen atoms in total. The lowest BCUT2D eigenvalue weighted by Crippen LogP contribution is -2.68. The Bertz CT molecular complexity index is 2630. The van der Waals surface area contributed by atoms with Crippen LogP contribution in [0.5, 0.6) is 0 Å². The van der Waals surface area contributed by atoms with E-state index in [-0.39, 0.29) is 51.9 Å². The number of aromatic nitrogens is 2. The number of carboxylic acids is 1. The number of ether oxygens (including phenoxy) is 6. The number of H-pyrrole nitrogens is 2. The summed E-state index contributed by atoms with van der Waals surface area (Å²) in [6.45, 7) is -0.227. The number of benzene rings is 2. The normalized spacial score (nSPS) is 35.3. The molecule has 22 atom stereocenters. The first kappa shape index (κ1) is 60.2. The molecule has 1 unspecified atom stereocenters. The second-order valence-electron chi connectivity index (χ2n) is 21.0. The number of fused-ring (bicyclic) bond motifs is 2. The highest BCUT2D eigenvalue weighted by molar-refractivity contribution is 5.93. The molecular formula is C51H78N12O16. The Hall–Kier alpha value is -4.87. The summed E-state index contributed by atoms with van der Waals surface area (Å²) in [7, 11) is 0. The number of carbonyl (C=O) groups excluding carboxylic acids is 2. The summed E-state index contributed by atoms with van der Waals surface area (Å²) in [6.07, 6.45) is -16.5. The van der Waals surface area contributed by atoms with Crippen LogP contribution in [-0.2, 0) is 55.6 Å². The molecule has 28 heteroatoms. The third kappa shape index (κ3) is 13.7. The molecule has 2 aromatic carbocycles. The van der Waals surface area contributed by atoms with Crippen LogP contribution in [0.2, 0.25) is 0 Å². The molecular weight excluding hydrogens is 1040 g/mol. The molecule has 26 N–H and O–H groups in total. The van der Waals surface area contributed by atoms with Crippen molar-refractivity contribution in [2.75, 3.05) is 26.2 Å². The minimum atomic E-state index is -1.67. The van der Waals surface area contributed by atoms with Crippen LogP contribution in [0.1, 0.15) is 36.8 Å². The van der Waals surface area contributed by atoms with E-state index in [0.717, 1.165) is 27.4 Å². The summed E-state index contributed by atoms with van der Waals surface area (Å²) < 4.78 is 36.6. The Balaban J connectivity index is 0.944. The zero-order valence-corrected chi connectivity index (χ0v) is 43.4. The molecule has 4 aliphatic rings. The number of aliphatic hydroxyl groups excluding tert-OH is 6. The Morgan fingerprint density at radius 3 is 1.70 bits per heavy atom. The number of nitrogens with one attached hydrogen (secondary N) is 5. The molecule has 4 aromatic rings. The number of nitrogens with two attached hydrogens (primary N) is 7. The van der Waals surface area contributed by atoms with E-state index in [0.29, 0.717) is 18.4 Å². The number of rotatable bonds is 24. The number of amides is 2. The quantitative estimate of drug-likeness (QED) is 0.0290. The third-order valence-corrected chi connectivity index (χ3v) is 15.4. The molecule has 438 valence electrons. The lowest BCUT2D eigenvalue weighted by molar-refractivity contribution is -0.306. The first-order valence-corrected chi connectivity index (χ1v) is 26.6. The van der Waals surface area contributed by atoms with Crippen molar-refractivity contribution in [2.24, 2.45) is 40.1 Å². The first-order valence-electron chi connectivity index (χ1n) is 26.6. The second-order valence-corrected chi connectivity index (χ2v) is 21.0. The van der Waals surface area contributed by atoms with Gasteiger partial charge in [0.2, 0.25) is 11.8 Å². The largest absolute Gasteiger partial charge is 0.480 e. The summed E-state index contributed by atoms with van der Waals surface area (Å²) >= 11 is 0. The van der Waals surface area contributed by atoms with Crippen molar-refractivity contribution in [1.29, 1.82) is 0 Å². The van der Waals surface area contributed by atoms with Gasteiger partial charge in [-0.15, -0.1) is 0 Å². The van der Waals surface area contributed by atoms with E-state index in [2.05, 4.69) is 25.9 Å². The summed E-state index contributed by atoms with van der Waals surface area (Å²) in [5, 5.41) is 86.5. The maximum absolute atomic E-state index is 14.1. The van der Waals surface area contributed by atoms with Crippen molar-refractivity contribution in [3.8, 4) is 0 Å². The van der Waals surface area contributed by atoms with E-state index in [1.165, 1.54) is 0 Å². The molecule has 3 saturated heterocycles. The molecule has 0 radical (unpaired) electrons. The summed E-state index contributed by atoms with van der Waals surface area (Å²) in [6, 6.07) is 6.75. The molecule has 0 bridgehead atoms. The fourth-order valence-corrected chi connectivity index (χ4v) is 10.8. The molecule has 2 amide bonds. The molecule has 5 heterocycles. The standard InChI is InChI=1S/C51H78N12O16/c52-16-32-38(65)40(67)35(57)49(74-32)77-43-26(55)15-25(54)37(64)45(43)79-51-42(69)44(78-50-36(58)41(68)39(66)33(17-53)75-50)34(76-51)20-59-12-6-5-11-30(62-46(70)27(56)13-21-18-60-28-9-3-1-7-23(21)28)47(71)63-31(48(72)73)14-22-19-61-29-10-4-2-8-24(22)29/h1-4,7-10,18-19,25-27,30-45,49-51,59-61,64-69H,5-6,11-17,20,52-58H2,(H,62,70)(H,63,71)(H,72,73)/t25-,26+,27+,30+,31+,32-,33-,34-,35-,36+,37+,38-,39+,40-,41+,42-,43+,44-,45-,49-,50?,51+/m1/s1. The van der Waals surface area contributed by atoms with Gasteiger partial charge in [0.15, 0.2) is 18.9 Å². The summed E-state index contributed by atoms with van der Waals surface area (Å²) in [5.74, 6) is -2.63. The van der Waals surface area contributed by atoms with Gasteiger partial charge < -0.3 is 130 Å². The fraction of sp³-hybridized carbons (Fsp3) is 0.627. The zero-order valence-electron chi connectivity index (χ0n) is 43.4. The van der Waals surface area contributed by atoms with Crippen LogP contribution < -0.4 is 56.1 Å². The SMILES string of the molecule is NC[C@H]1OC(O[C@H]2[C@@H](O)[C@H](O[C@@H]3[C@@H](O)[C@H](N)C[C@H](N)[C@@H]3O[C@H]3O[C@H](CN)[C@@H](O)[C@H](O)[C@H]3N)O[C@@H]2CNCCCC[C@H](NC(=O)[C@@H](N)Cc2c[nH]c3ccccc23)C(=O)N[C@@H](Cc2c[nH]c3ccccc23)C(=O)O)[C@@H](N)[C@H](O)[C@H]1O. The minimum absolute atomic E-state index is 0.0324. The van der Waals surface area contributed by atoms with Crippen LogP contribution in [-0.4, -0.2) is 224 Å². The lowest BCUT2D eigenvalue weighted by atomic mass is 9.84. The van der Waals surface area contributed by atoms with Crippen molar-refractivity contribution in [2.45, 2.75) is 173 Å². The minimum Gasteiger partial charge on any atom is -0.480 e. The number of carboxylic acid groups (broad SMARTS) is 1. The summed E-state index contributed by atoms with van der Waals surface area (Å²) in [5.41, 5.74) is 46.5. The second kappa shape index (κ2) is 26.8. The van der Waals surface area contributed by atoms with Crippen LogP contribution >= 0.6 is 0 Å². The molecule has 3 aliphatic heterocycles. The number of carbonyl (C=O) groups is 3. The molecule has 79 heavy (non-hydrogen) atoms. The average molecular weight is 1120 g/mol. The highest BCUT2D eigenvalue weighted by Crippen LogP contribution is 2.35. The number of aromatic amines is 2. The maximum Gasteiger partial charge on any atom is 0.326 e. The van der Waals surface area contributed by atoms with Crippen LogP contribution in [0.3, 0.4) is 0 Å². The van der Waals surface area contributed by atoms with E-state index in [1.54, 1.807) is 12.4 Å². The van der Waals surface area contributed by atoms with Crippen molar-refractivity contribution >= 4 is 39.6 Å². The predicted octanol–water partition coefficient (Wildman–Crippen LogP) is -6.30. The highest BCUT2D eigenvalue weighted by Gasteiger charge is 2.54. The van der Waals surface area contributed by atoms with Crippen LogP contribution in [0, 0.1) is 0 Å². The number of hydrogen-bond acceptors (Lipinski definition) is 23. The van der Waals surface area contributed by atoms with Gasteiger partial charge >= 0.3 is 5.97 Å². The monoisotopic (exact) mass is 1110 g/mol. The number of hydrogen-bond donors (Lipinski definition) is 19. The van der Waals surface area contributed by atoms with Gasteiger partial charge in [-0.3, -0.25) is 9.59 Å². The van der Waals surface area contributed by atoms with Crippen LogP contribution in [0.25, 0.3) is 21.8 Å². The van der Waals surface area contributed by atoms with Gasteiger partial charge in [-0.1, -0.05) is 36.4 Å². The number of aliphatic carboxylic acids is 1. The molecule has 0 spiro atoms. The van der Waals surface area contributed by atoms with E-state index < -0.39 is 152 Å². The van der Waals surface area contributed by atoms with Crippen LogP contribution in [0.4, 0.5) is 0 Å². The van der Waals surface area contributed by atoms with Crippen molar-refractivity contribution < 1.29 is 78.6 Å². The highest BCUT2D eigenvalue weighted by atomic mass is 16.8. The molecule has 1 aliphatic carbocycles. The van der Waals surface area contributed by atoms with E-state index in [1.807, 2.05) is 48.5 Å². The number of unbranched alkanes of at least 4 members (excludes halogenated alkanes) is 1. The molecule has 2 aromatic heterocycles. The lowest BCUT2D eigenvalue weighted by Gasteiger charge is -2.47. The third-order valence-electron chi connectivity index (χ3n) is 15.4. The Morgan fingerprint density at radius 1 is 0.608 bits per heavy atom. The van der Waals surface area contributed by atoms with Crippen molar-refractivity contribution in [1.82, 2.24) is 25.9 Å². The Morgan fingerprint density at radius 2 is 1.13 bits per heavy atom. The van der Waals surface area contributed by atoms with Gasteiger partial charge in [0.25, 0.3) is 0 Å². The number of para-hydroxylation sites is 2. The maximum atomic E-state index is 14.1. The van der Waals surface area contributed by atoms with Gasteiger partial charge in [0.05, 0.1) is 24.2 Å². The van der Waals surface area contributed by atoms with Gasteiger partial charge in [-0.25, -0.2) is 4.79 Å². The van der Waals surface area contributed by atoms with E-state index in [4.69, 9.17) is 68.6 Å². The average Bonchev–Trinajstić information content (AvgIpc) is 4.27. The number of aliphatic hydroxyl groups is 6. The van der Waals surface area contributed by atoms with Crippen molar-refractivity contribution in [3.05, 3.63) is 72.1 Å². The Labute approximate surface area is 454 Å². The van der Waals surface area contributed by atoms with E-state index in [9.17, 15) is 50.1 Å². The van der Waals surface area contributed by atoms with Crippen LogP contribution in [0.15, 0.2) is 60.9 Å². The molecule has 1 saturated carbocycles. The van der Waals surface area contributed by atoms with Gasteiger partial charge in [0.1, 0.15) is 79.2 Å². The molecule has 4 fully saturated rings. The topological polar surface area (TPSA) is 498 Å². The fourth-order valence-electron chi connectivity index (χ4n) is 10.8. The van der Waals surface area contributed by atoms with E-state index >= 15 is 0 Å². The molecule has 8 rings (SSSR count). The summed E-state index contributed by atoms with van der Waals surface area (Å²) in [4.78, 5) is 46.7. The predicted molar refractivity (Wildman–Crippen MR) is 281 cm³/mol. The van der Waals surface area contributed by atoms with Gasteiger partial charge in [-0.05, 0) is 61.9 Å². The first-order chi connectivity index (χ1) is 37.8. The zero-order chi connectivity index (χ0) is 56.8. The Kier molecular flexibility index (Phi) is 20.4.